The molecule has 1 atom stereocenters. The average Bonchev–Trinajstić information content (AvgIpc) is 2.57. The first kappa shape index (κ1) is 15.8. The Hall–Kier alpha value is -1.55. The number of aryl methyl sites for hydroxylation is 1. The predicted molar refractivity (Wildman–Crippen MR) is 69.1 cm³/mol. The Morgan fingerprint density at radius 2 is 2.10 bits per heavy atom. The van der Waals surface area contributed by atoms with E-state index >= 15 is 0 Å². The van der Waals surface area contributed by atoms with Crippen molar-refractivity contribution in [1.29, 1.82) is 0 Å². The summed E-state index contributed by atoms with van der Waals surface area (Å²) in [6, 6.07) is -0.636. The monoisotopic (exact) mass is 325 g/mol. The van der Waals surface area contributed by atoms with Crippen LogP contribution in [0.3, 0.4) is 0 Å². The zero-order valence-electron chi connectivity index (χ0n) is 11.3. The van der Waals surface area contributed by atoms with Crippen molar-refractivity contribution < 1.29 is 26.3 Å². The van der Waals surface area contributed by atoms with Gasteiger partial charge in [-0.25, -0.2) is 13.1 Å². The SMILES string of the molecule is Cn1nc(C(F)(F)F)c2c1OCC(N)CC(S(C)(=O)=O)=C2. The van der Waals surface area contributed by atoms with E-state index in [1.165, 1.54) is 7.05 Å². The van der Waals surface area contributed by atoms with E-state index in [-0.39, 0.29) is 23.8 Å². The summed E-state index contributed by atoms with van der Waals surface area (Å²) in [5.74, 6) is -0.154. The maximum absolute atomic E-state index is 13.0. The average molecular weight is 325 g/mol. The van der Waals surface area contributed by atoms with E-state index in [0.717, 1.165) is 17.0 Å². The molecule has 21 heavy (non-hydrogen) atoms. The van der Waals surface area contributed by atoms with Crippen LogP contribution in [-0.2, 0) is 23.1 Å². The Morgan fingerprint density at radius 1 is 1.48 bits per heavy atom. The highest BCUT2D eigenvalue weighted by Crippen LogP contribution is 2.38. The lowest BCUT2D eigenvalue weighted by molar-refractivity contribution is -0.141. The Bertz CT molecular complexity index is 692. The van der Waals surface area contributed by atoms with Gasteiger partial charge < -0.3 is 10.5 Å². The fourth-order valence-electron chi connectivity index (χ4n) is 2.02. The van der Waals surface area contributed by atoms with E-state index in [1.807, 2.05) is 0 Å². The Morgan fingerprint density at radius 3 is 2.62 bits per heavy atom. The number of nitrogens with two attached hydrogens (primary N) is 1. The maximum Gasteiger partial charge on any atom is 0.435 e. The molecule has 0 fully saturated rings. The highest BCUT2D eigenvalue weighted by Gasteiger charge is 2.40. The van der Waals surface area contributed by atoms with Crippen LogP contribution in [0.5, 0.6) is 5.88 Å². The molecule has 0 saturated carbocycles. The molecule has 0 aliphatic carbocycles. The lowest BCUT2D eigenvalue weighted by Gasteiger charge is -2.18. The number of rotatable bonds is 1. The van der Waals surface area contributed by atoms with Gasteiger partial charge in [0.15, 0.2) is 15.5 Å². The standard InChI is InChI=1S/C11H14F3N3O3S/c1-17-10-8(9(16-17)11(12,13)14)4-7(21(2,18)19)3-6(15)5-20-10/h4,6H,3,5,15H2,1-2H3. The van der Waals surface area contributed by atoms with E-state index in [2.05, 4.69) is 5.10 Å². The zero-order valence-corrected chi connectivity index (χ0v) is 12.1. The highest BCUT2D eigenvalue weighted by molar-refractivity contribution is 7.94. The second-order valence-corrected chi connectivity index (χ2v) is 6.92. The lowest BCUT2D eigenvalue weighted by Crippen LogP contribution is -2.30. The first-order chi connectivity index (χ1) is 9.50. The molecule has 2 heterocycles. The molecule has 0 aromatic carbocycles. The van der Waals surface area contributed by atoms with Gasteiger partial charge in [0.25, 0.3) is 0 Å². The van der Waals surface area contributed by atoms with Crippen LogP contribution in [0.15, 0.2) is 4.91 Å². The van der Waals surface area contributed by atoms with Gasteiger partial charge in [-0.1, -0.05) is 0 Å². The van der Waals surface area contributed by atoms with Gasteiger partial charge in [0, 0.05) is 30.7 Å². The third-order valence-corrected chi connectivity index (χ3v) is 4.21. The van der Waals surface area contributed by atoms with Gasteiger partial charge in [0.2, 0.25) is 5.88 Å². The van der Waals surface area contributed by atoms with Crippen molar-refractivity contribution in [3.8, 4) is 5.88 Å². The molecular weight excluding hydrogens is 311 g/mol. The fraction of sp³-hybridized carbons (Fsp3) is 0.545. The minimum Gasteiger partial charge on any atom is -0.476 e. The number of fused-ring (bicyclic) bond motifs is 1. The fourth-order valence-corrected chi connectivity index (χ4v) is 2.87. The van der Waals surface area contributed by atoms with Crippen LogP contribution in [0, 0.1) is 0 Å². The summed E-state index contributed by atoms with van der Waals surface area (Å²) in [5.41, 5.74) is 4.13. The minimum absolute atomic E-state index is 0.0928. The van der Waals surface area contributed by atoms with Crippen LogP contribution in [-0.4, -0.2) is 37.1 Å². The summed E-state index contributed by atoms with van der Waals surface area (Å²) in [6.45, 7) is -0.101. The third kappa shape index (κ3) is 3.21. The van der Waals surface area contributed by atoms with Crippen LogP contribution < -0.4 is 10.5 Å². The number of hydrogen-bond acceptors (Lipinski definition) is 5. The molecule has 1 aromatic rings. The summed E-state index contributed by atoms with van der Waals surface area (Å²) in [5, 5.41) is 3.37. The van der Waals surface area contributed by atoms with Gasteiger partial charge in [-0.2, -0.15) is 18.3 Å². The van der Waals surface area contributed by atoms with E-state index in [4.69, 9.17) is 10.5 Å². The minimum atomic E-state index is -4.71. The molecule has 1 aromatic heterocycles. The van der Waals surface area contributed by atoms with Gasteiger partial charge in [-0.15, -0.1) is 0 Å². The Labute approximate surface area is 119 Å². The molecule has 2 N–H and O–H groups in total. The normalized spacial score (nSPS) is 20.1. The summed E-state index contributed by atoms with van der Waals surface area (Å²) in [4.78, 5) is -0.168. The molecule has 6 nitrogen and oxygen atoms in total. The summed E-state index contributed by atoms with van der Waals surface area (Å²) < 4.78 is 68.5. The summed E-state index contributed by atoms with van der Waals surface area (Å²) in [7, 11) is -2.39. The smallest absolute Gasteiger partial charge is 0.435 e. The summed E-state index contributed by atoms with van der Waals surface area (Å²) >= 11 is 0. The van der Waals surface area contributed by atoms with Gasteiger partial charge in [-0.3, -0.25) is 0 Å². The van der Waals surface area contributed by atoms with Crippen molar-refractivity contribution in [2.75, 3.05) is 12.9 Å². The first-order valence-electron chi connectivity index (χ1n) is 5.93. The van der Waals surface area contributed by atoms with Crippen molar-refractivity contribution in [1.82, 2.24) is 9.78 Å². The van der Waals surface area contributed by atoms with E-state index in [0.29, 0.717) is 0 Å². The number of sulfone groups is 1. The van der Waals surface area contributed by atoms with E-state index in [9.17, 15) is 21.6 Å². The van der Waals surface area contributed by atoms with Gasteiger partial charge in [-0.05, 0) is 6.08 Å². The van der Waals surface area contributed by atoms with Crippen LogP contribution in [0.25, 0.3) is 6.08 Å². The van der Waals surface area contributed by atoms with Gasteiger partial charge in [0.1, 0.15) is 6.61 Å². The number of aromatic nitrogens is 2. The highest BCUT2D eigenvalue weighted by atomic mass is 32.2. The molecule has 0 saturated heterocycles. The lowest BCUT2D eigenvalue weighted by atomic mass is 10.1. The topological polar surface area (TPSA) is 87.2 Å². The molecule has 0 bridgehead atoms. The predicted octanol–water partition coefficient (Wildman–Crippen LogP) is 0.934. The Kier molecular flexibility index (Phi) is 3.79. The van der Waals surface area contributed by atoms with Crippen LogP contribution in [0.4, 0.5) is 13.2 Å². The van der Waals surface area contributed by atoms with Gasteiger partial charge in [0.05, 0.1) is 5.56 Å². The quantitative estimate of drug-likeness (QED) is 0.830. The van der Waals surface area contributed by atoms with Crippen molar-refractivity contribution in [3.63, 3.8) is 0 Å². The molecule has 0 amide bonds. The van der Waals surface area contributed by atoms with Crippen molar-refractivity contribution in [2.24, 2.45) is 12.8 Å². The largest absolute Gasteiger partial charge is 0.476 e. The molecule has 0 spiro atoms. The number of ether oxygens (including phenoxy) is 1. The van der Waals surface area contributed by atoms with Crippen molar-refractivity contribution in [3.05, 3.63) is 16.2 Å². The van der Waals surface area contributed by atoms with Crippen molar-refractivity contribution >= 4 is 15.9 Å². The number of halogens is 3. The third-order valence-electron chi connectivity index (χ3n) is 2.98. The van der Waals surface area contributed by atoms with Crippen LogP contribution in [0.2, 0.25) is 0 Å². The van der Waals surface area contributed by atoms with E-state index < -0.39 is 33.3 Å². The molecule has 2 rings (SSSR count). The molecular formula is C11H14F3N3O3S. The van der Waals surface area contributed by atoms with E-state index in [1.54, 1.807) is 0 Å². The van der Waals surface area contributed by atoms with Crippen molar-refractivity contribution in [2.45, 2.75) is 18.6 Å². The Balaban J connectivity index is 2.71. The number of alkyl halides is 3. The van der Waals surface area contributed by atoms with Gasteiger partial charge >= 0.3 is 6.18 Å². The number of nitrogens with zero attached hydrogens (tertiary/aromatic N) is 2. The molecule has 0 radical (unpaired) electrons. The first-order valence-corrected chi connectivity index (χ1v) is 7.82. The summed E-state index contributed by atoms with van der Waals surface area (Å²) in [6.07, 6.45) is -2.93. The zero-order chi connectivity index (χ0) is 16.0. The molecule has 1 aliphatic heterocycles. The molecule has 1 unspecified atom stereocenters. The molecule has 118 valence electrons. The molecule has 10 heteroatoms. The molecule has 1 aliphatic rings. The maximum atomic E-state index is 13.0. The van der Waals surface area contributed by atoms with Crippen LogP contribution >= 0.6 is 0 Å². The second-order valence-electron chi connectivity index (χ2n) is 4.85. The van der Waals surface area contributed by atoms with Crippen LogP contribution in [0.1, 0.15) is 17.7 Å². The number of hydrogen-bond donors (Lipinski definition) is 1. The second kappa shape index (κ2) is 5.02.